The summed E-state index contributed by atoms with van der Waals surface area (Å²) >= 11 is 0. The Kier molecular flexibility index (Phi) is 5.77. The maximum Gasteiger partial charge on any atom is 0.275 e. The molecule has 182 valence electrons. The standard InChI is InChI=1S/C26H22N4O6/c1-14-6-15(2)16(3)24(7-14)36-20-10-18(9-19(11-20)30(32)33)27-26(31)22-12-21(28-29-22)17-4-5-23-25(8-17)35-13-34-23/h4-12H,13H2,1-3H3,(H,27,31)(H,28,29). The molecule has 5 rings (SSSR count). The molecule has 0 fully saturated rings. The third-order valence-corrected chi connectivity index (χ3v) is 5.84. The van der Waals surface area contributed by atoms with Gasteiger partial charge in [-0.25, -0.2) is 0 Å². The summed E-state index contributed by atoms with van der Waals surface area (Å²) in [6.07, 6.45) is 0. The summed E-state index contributed by atoms with van der Waals surface area (Å²) in [4.78, 5) is 23.9. The van der Waals surface area contributed by atoms with Crippen molar-refractivity contribution in [1.82, 2.24) is 10.2 Å². The molecular formula is C26H22N4O6. The number of benzene rings is 3. The van der Waals surface area contributed by atoms with Crippen LogP contribution in [0.3, 0.4) is 0 Å². The van der Waals surface area contributed by atoms with Gasteiger partial charge in [-0.05, 0) is 67.8 Å². The number of amides is 1. The van der Waals surface area contributed by atoms with E-state index in [-0.39, 0.29) is 29.6 Å². The van der Waals surface area contributed by atoms with Crippen molar-refractivity contribution in [2.75, 3.05) is 12.1 Å². The molecule has 1 amide bonds. The number of nitro benzene ring substituents is 1. The molecule has 2 N–H and O–H groups in total. The highest BCUT2D eigenvalue weighted by atomic mass is 16.7. The van der Waals surface area contributed by atoms with Gasteiger partial charge in [0, 0.05) is 17.7 Å². The normalized spacial score (nSPS) is 11.9. The minimum atomic E-state index is -0.537. The van der Waals surface area contributed by atoms with Gasteiger partial charge in [0.2, 0.25) is 6.79 Å². The molecule has 1 aliphatic rings. The third kappa shape index (κ3) is 4.56. The highest BCUT2D eigenvalue weighted by Crippen LogP contribution is 2.36. The number of hydrogen-bond donors (Lipinski definition) is 2. The van der Waals surface area contributed by atoms with E-state index in [0.29, 0.717) is 22.9 Å². The van der Waals surface area contributed by atoms with E-state index in [0.717, 1.165) is 22.3 Å². The van der Waals surface area contributed by atoms with Gasteiger partial charge in [0.15, 0.2) is 11.5 Å². The van der Waals surface area contributed by atoms with E-state index < -0.39 is 10.8 Å². The quantitative estimate of drug-likeness (QED) is 0.265. The monoisotopic (exact) mass is 486 g/mol. The molecule has 0 radical (unpaired) electrons. The SMILES string of the molecule is Cc1cc(C)c(C)c(Oc2cc(NC(=O)c3cc(-c4ccc5c(c4)OCO5)n[nH]3)cc([N+](=O)[O-])c2)c1. The van der Waals surface area contributed by atoms with Crippen LogP contribution in [0.1, 0.15) is 27.2 Å². The van der Waals surface area contributed by atoms with Crippen molar-refractivity contribution in [2.24, 2.45) is 0 Å². The topological polar surface area (TPSA) is 129 Å². The maximum atomic E-state index is 12.9. The van der Waals surface area contributed by atoms with Crippen LogP contribution in [0.5, 0.6) is 23.0 Å². The second-order valence-corrected chi connectivity index (χ2v) is 8.47. The van der Waals surface area contributed by atoms with Crippen molar-refractivity contribution < 1.29 is 23.9 Å². The summed E-state index contributed by atoms with van der Waals surface area (Å²) < 4.78 is 16.7. The van der Waals surface area contributed by atoms with E-state index in [2.05, 4.69) is 15.5 Å². The van der Waals surface area contributed by atoms with Crippen molar-refractivity contribution >= 4 is 17.3 Å². The zero-order valence-corrected chi connectivity index (χ0v) is 19.7. The largest absolute Gasteiger partial charge is 0.457 e. The lowest BCUT2D eigenvalue weighted by Gasteiger charge is -2.13. The summed E-state index contributed by atoms with van der Waals surface area (Å²) in [6.45, 7) is 5.99. The first-order valence-electron chi connectivity index (χ1n) is 11.1. The Morgan fingerprint density at radius 1 is 1.06 bits per heavy atom. The van der Waals surface area contributed by atoms with Crippen LogP contribution < -0.4 is 19.5 Å². The Morgan fingerprint density at radius 3 is 2.67 bits per heavy atom. The first-order valence-corrected chi connectivity index (χ1v) is 11.1. The van der Waals surface area contributed by atoms with Crippen LogP contribution in [-0.2, 0) is 0 Å². The molecule has 0 spiro atoms. The van der Waals surface area contributed by atoms with Gasteiger partial charge in [0.05, 0.1) is 22.4 Å². The van der Waals surface area contributed by atoms with Gasteiger partial charge < -0.3 is 19.5 Å². The number of nitro groups is 1. The number of nitrogens with zero attached hydrogens (tertiary/aromatic N) is 2. The van der Waals surface area contributed by atoms with Crippen molar-refractivity contribution in [2.45, 2.75) is 20.8 Å². The van der Waals surface area contributed by atoms with E-state index in [4.69, 9.17) is 14.2 Å². The molecule has 2 heterocycles. The van der Waals surface area contributed by atoms with Crippen molar-refractivity contribution in [3.63, 3.8) is 0 Å². The lowest BCUT2D eigenvalue weighted by molar-refractivity contribution is -0.384. The van der Waals surface area contributed by atoms with Gasteiger partial charge in [0.1, 0.15) is 17.2 Å². The Morgan fingerprint density at radius 2 is 1.86 bits per heavy atom. The lowest BCUT2D eigenvalue weighted by atomic mass is 10.1. The van der Waals surface area contributed by atoms with Gasteiger partial charge in [-0.3, -0.25) is 20.0 Å². The van der Waals surface area contributed by atoms with Crippen LogP contribution in [0, 0.1) is 30.9 Å². The molecule has 36 heavy (non-hydrogen) atoms. The number of aryl methyl sites for hydroxylation is 2. The average molecular weight is 486 g/mol. The van der Waals surface area contributed by atoms with Gasteiger partial charge in [-0.15, -0.1) is 0 Å². The predicted molar refractivity (Wildman–Crippen MR) is 132 cm³/mol. The highest BCUT2D eigenvalue weighted by Gasteiger charge is 2.18. The minimum Gasteiger partial charge on any atom is -0.457 e. The molecule has 1 aliphatic heterocycles. The van der Waals surface area contributed by atoms with E-state index in [9.17, 15) is 14.9 Å². The van der Waals surface area contributed by atoms with Crippen LogP contribution >= 0.6 is 0 Å². The number of anilines is 1. The fourth-order valence-corrected chi connectivity index (χ4v) is 3.89. The van der Waals surface area contributed by atoms with Crippen LogP contribution in [0.4, 0.5) is 11.4 Å². The molecule has 0 saturated carbocycles. The van der Waals surface area contributed by atoms with Gasteiger partial charge in [0.25, 0.3) is 11.6 Å². The first-order chi connectivity index (χ1) is 17.3. The van der Waals surface area contributed by atoms with Crippen LogP contribution in [0.25, 0.3) is 11.3 Å². The van der Waals surface area contributed by atoms with Crippen molar-refractivity contribution in [1.29, 1.82) is 0 Å². The summed E-state index contributed by atoms with van der Waals surface area (Å²) in [7, 11) is 0. The number of H-pyrrole nitrogens is 1. The van der Waals surface area contributed by atoms with Crippen LogP contribution in [-0.4, -0.2) is 27.8 Å². The van der Waals surface area contributed by atoms with E-state index in [1.54, 1.807) is 18.2 Å². The number of carbonyl (C=O) groups is 1. The van der Waals surface area contributed by atoms with Crippen molar-refractivity contribution in [3.05, 3.63) is 87.1 Å². The molecule has 3 aromatic carbocycles. The molecule has 0 unspecified atom stereocenters. The number of rotatable bonds is 6. The number of hydrogen-bond acceptors (Lipinski definition) is 7. The van der Waals surface area contributed by atoms with E-state index >= 15 is 0 Å². The van der Waals surface area contributed by atoms with Gasteiger partial charge in [-0.1, -0.05) is 6.07 Å². The lowest BCUT2D eigenvalue weighted by Crippen LogP contribution is -2.12. The van der Waals surface area contributed by atoms with E-state index in [1.165, 1.54) is 18.2 Å². The smallest absolute Gasteiger partial charge is 0.275 e. The molecule has 0 aliphatic carbocycles. The Balaban J connectivity index is 1.39. The molecule has 0 saturated heterocycles. The molecular weight excluding hydrogens is 464 g/mol. The van der Waals surface area contributed by atoms with Crippen LogP contribution in [0.15, 0.2) is 54.6 Å². The van der Waals surface area contributed by atoms with Crippen molar-refractivity contribution in [3.8, 4) is 34.3 Å². The summed E-state index contributed by atoms with van der Waals surface area (Å²) in [5.74, 6) is 1.56. The minimum absolute atomic E-state index is 0.158. The molecule has 0 bridgehead atoms. The Bertz CT molecular complexity index is 1510. The fraction of sp³-hybridized carbons (Fsp3) is 0.154. The maximum absolute atomic E-state index is 12.9. The number of carbonyl (C=O) groups excluding carboxylic acids is 1. The Labute approximate surface area is 206 Å². The highest BCUT2D eigenvalue weighted by molar-refractivity contribution is 6.03. The fourth-order valence-electron chi connectivity index (χ4n) is 3.89. The number of aromatic amines is 1. The van der Waals surface area contributed by atoms with Gasteiger partial charge >= 0.3 is 0 Å². The second kappa shape index (κ2) is 9.06. The number of non-ortho nitro benzene ring substituents is 1. The summed E-state index contributed by atoms with van der Waals surface area (Å²) in [5.41, 5.74) is 4.43. The number of ether oxygens (including phenoxy) is 3. The first kappa shape index (κ1) is 22.9. The summed E-state index contributed by atoms with van der Waals surface area (Å²) in [6, 6.07) is 15.0. The summed E-state index contributed by atoms with van der Waals surface area (Å²) in [5, 5.41) is 21.1. The zero-order chi connectivity index (χ0) is 25.4. The number of nitrogens with one attached hydrogen (secondary N) is 2. The van der Waals surface area contributed by atoms with E-state index in [1.807, 2.05) is 39.0 Å². The van der Waals surface area contributed by atoms with Gasteiger partial charge in [-0.2, -0.15) is 5.10 Å². The zero-order valence-electron chi connectivity index (χ0n) is 19.7. The third-order valence-electron chi connectivity index (χ3n) is 5.84. The second-order valence-electron chi connectivity index (χ2n) is 8.47. The molecule has 1 aromatic heterocycles. The number of fused-ring (bicyclic) bond motifs is 1. The molecule has 4 aromatic rings. The molecule has 10 nitrogen and oxygen atoms in total. The average Bonchev–Trinajstić information content (AvgIpc) is 3.51. The Hall–Kier alpha value is -4.86. The molecule has 10 heteroatoms. The predicted octanol–water partition coefficient (Wildman–Crippen LogP) is 5.68. The number of aromatic nitrogens is 2. The van der Waals surface area contributed by atoms with Crippen LogP contribution in [0.2, 0.25) is 0 Å². The molecule has 0 atom stereocenters.